The number of aliphatic hydroxyl groups is 1. The molecule has 1 aromatic carbocycles. The first-order chi connectivity index (χ1) is 9.45. The van der Waals surface area contributed by atoms with Crippen molar-refractivity contribution in [1.29, 1.82) is 0 Å². The lowest BCUT2D eigenvalue weighted by molar-refractivity contribution is 0.151. The minimum atomic E-state index is -3.64. The van der Waals surface area contributed by atoms with Crippen LogP contribution in [-0.4, -0.2) is 62.1 Å². The maximum atomic E-state index is 13.1. The topological polar surface area (TPSA) is 86.9 Å². The van der Waals surface area contributed by atoms with Gasteiger partial charge in [-0.25, -0.2) is 12.8 Å². The van der Waals surface area contributed by atoms with E-state index < -0.39 is 15.8 Å². The van der Waals surface area contributed by atoms with Crippen molar-refractivity contribution in [2.24, 2.45) is 0 Å². The molecule has 112 valence electrons. The number of nitrogens with two attached hydrogens (primary N) is 1. The third kappa shape index (κ3) is 3.09. The molecular weight excluding hydrogens is 285 g/mol. The van der Waals surface area contributed by atoms with Crippen LogP contribution in [0.1, 0.15) is 0 Å². The molecule has 1 saturated heterocycles. The van der Waals surface area contributed by atoms with Gasteiger partial charge in [0.2, 0.25) is 10.0 Å². The molecular formula is C12H18FN3O3S. The Morgan fingerprint density at radius 2 is 1.90 bits per heavy atom. The maximum absolute atomic E-state index is 13.1. The highest BCUT2D eigenvalue weighted by atomic mass is 32.2. The van der Waals surface area contributed by atoms with Crippen molar-refractivity contribution in [3.05, 3.63) is 24.0 Å². The van der Waals surface area contributed by atoms with E-state index in [0.29, 0.717) is 32.7 Å². The zero-order valence-corrected chi connectivity index (χ0v) is 11.8. The summed E-state index contributed by atoms with van der Waals surface area (Å²) in [5, 5.41) is 8.86. The van der Waals surface area contributed by atoms with E-state index in [9.17, 15) is 12.8 Å². The molecule has 1 aromatic rings. The summed E-state index contributed by atoms with van der Waals surface area (Å²) in [5.74, 6) is -0.628. The lowest BCUT2D eigenvalue weighted by Crippen LogP contribution is -2.49. The van der Waals surface area contributed by atoms with Crippen molar-refractivity contribution in [3.8, 4) is 0 Å². The van der Waals surface area contributed by atoms with E-state index in [-0.39, 0.29) is 17.2 Å². The summed E-state index contributed by atoms with van der Waals surface area (Å²) in [6.45, 7) is 2.42. The van der Waals surface area contributed by atoms with E-state index in [1.165, 1.54) is 10.4 Å². The van der Waals surface area contributed by atoms with Crippen LogP contribution in [0.25, 0.3) is 0 Å². The van der Waals surface area contributed by atoms with Crippen LogP contribution in [-0.2, 0) is 10.0 Å². The second-order valence-corrected chi connectivity index (χ2v) is 6.59. The van der Waals surface area contributed by atoms with Crippen LogP contribution >= 0.6 is 0 Å². The molecule has 0 atom stereocenters. The number of nitrogens with zero attached hydrogens (tertiary/aromatic N) is 2. The molecule has 0 saturated carbocycles. The van der Waals surface area contributed by atoms with Gasteiger partial charge in [0.25, 0.3) is 0 Å². The summed E-state index contributed by atoms with van der Waals surface area (Å²) in [5.41, 5.74) is 5.24. The van der Waals surface area contributed by atoms with E-state index in [1.807, 2.05) is 4.90 Å². The summed E-state index contributed by atoms with van der Waals surface area (Å²) in [6, 6.07) is 3.43. The Morgan fingerprint density at radius 3 is 2.45 bits per heavy atom. The van der Waals surface area contributed by atoms with Gasteiger partial charge in [-0.05, 0) is 18.2 Å². The number of aliphatic hydroxyl groups excluding tert-OH is 1. The molecule has 0 aliphatic carbocycles. The molecule has 0 aromatic heterocycles. The van der Waals surface area contributed by atoms with Gasteiger partial charge in [-0.1, -0.05) is 0 Å². The van der Waals surface area contributed by atoms with Gasteiger partial charge in [0.15, 0.2) is 0 Å². The molecule has 1 heterocycles. The average molecular weight is 303 g/mol. The quantitative estimate of drug-likeness (QED) is 0.746. The summed E-state index contributed by atoms with van der Waals surface area (Å²) in [4.78, 5) is 2.00. The Balaban J connectivity index is 2.13. The van der Waals surface area contributed by atoms with E-state index in [2.05, 4.69) is 0 Å². The second kappa shape index (κ2) is 6.04. The lowest BCUT2D eigenvalue weighted by atomic mass is 10.3. The molecule has 0 bridgehead atoms. The average Bonchev–Trinajstić information content (AvgIpc) is 2.43. The van der Waals surface area contributed by atoms with Crippen molar-refractivity contribution in [2.45, 2.75) is 4.90 Å². The molecule has 0 radical (unpaired) electrons. The molecule has 1 fully saturated rings. The molecule has 8 heteroatoms. The third-order valence-corrected chi connectivity index (χ3v) is 5.25. The number of anilines is 1. The molecule has 3 N–H and O–H groups in total. The fraction of sp³-hybridized carbons (Fsp3) is 0.500. The Kier molecular flexibility index (Phi) is 4.59. The first-order valence-electron chi connectivity index (χ1n) is 6.33. The molecule has 0 amide bonds. The number of sulfonamides is 1. The summed E-state index contributed by atoms with van der Waals surface area (Å²) < 4.78 is 39.2. The number of halogens is 1. The fourth-order valence-electron chi connectivity index (χ4n) is 2.17. The highest BCUT2D eigenvalue weighted by Crippen LogP contribution is 2.21. The van der Waals surface area contributed by atoms with Crippen LogP contribution < -0.4 is 5.73 Å². The first-order valence-corrected chi connectivity index (χ1v) is 7.77. The predicted molar refractivity (Wildman–Crippen MR) is 73.1 cm³/mol. The van der Waals surface area contributed by atoms with Gasteiger partial charge in [0.05, 0.1) is 17.2 Å². The highest BCUT2D eigenvalue weighted by Gasteiger charge is 2.28. The largest absolute Gasteiger partial charge is 0.396 e. The van der Waals surface area contributed by atoms with Crippen LogP contribution in [0.3, 0.4) is 0 Å². The minimum absolute atomic E-state index is 0.00649. The molecule has 0 unspecified atom stereocenters. The number of benzene rings is 1. The van der Waals surface area contributed by atoms with Gasteiger partial charge in [0, 0.05) is 32.7 Å². The van der Waals surface area contributed by atoms with E-state index in [0.717, 1.165) is 12.1 Å². The lowest BCUT2D eigenvalue weighted by Gasteiger charge is -2.33. The van der Waals surface area contributed by atoms with Crippen LogP contribution in [0.5, 0.6) is 0 Å². The van der Waals surface area contributed by atoms with Crippen LogP contribution in [0.4, 0.5) is 10.1 Å². The van der Waals surface area contributed by atoms with E-state index >= 15 is 0 Å². The number of piperazine rings is 1. The van der Waals surface area contributed by atoms with Gasteiger partial charge in [-0.2, -0.15) is 4.31 Å². The van der Waals surface area contributed by atoms with Gasteiger partial charge >= 0.3 is 0 Å². The Labute approximate surface area is 117 Å². The first kappa shape index (κ1) is 15.2. The number of β-amino-alcohol motifs (C(OH)–C–C–N with tert-alkyl or cyclic N) is 1. The van der Waals surface area contributed by atoms with Crippen LogP contribution in [0, 0.1) is 5.82 Å². The summed E-state index contributed by atoms with van der Waals surface area (Å²) >= 11 is 0. The minimum Gasteiger partial charge on any atom is -0.396 e. The van der Waals surface area contributed by atoms with Crippen molar-refractivity contribution in [1.82, 2.24) is 9.21 Å². The van der Waals surface area contributed by atoms with Crippen molar-refractivity contribution >= 4 is 15.7 Å². The van der Waals surface area contributed by atoms with Gasteiger partial charge < -0.3 is 10.8 Å². The SMILES string of the molecule is Nc1cc(S(=O)(=O)N2CCN(CCO)CC2)ccc1F. The monoisotopic (exact) mass is 303 g/mol. The smallest absolute Gasteiger partial charge is 0.243 e. The molecule has 1 aliphatic heterocycles. The van der Waals surface area contributed by atoms with Crippen LogP contribution in [0.15, 0.2) is 23.1 Å². The maximum Gasteiger partial charge on any atom is 0.243 e. The van der Waals surface area contributed by atoms with E-state index in [4.69, 9.17) is 10.8 Å². The Hall–Kier alpha value is -1.22. The van der Waals surface area contributed by atoms with Gasteiger partial charge in [-0.3, -0.25) is 4.90 Å². The number of rotatable bonds is 4. The Morgan fingerprint density at radius 1 is 1.25 bits per heavy atom. The summed E-state index contributed by atoms with van der Waals surface area (Å²) in [7, 11) is -3.64. The molecule has 0 spiro atoms. The predicted octanol–water partition coefficient (Wildman–Crippen LogP) is -0.293. The van der Waals surface area contributed by atoms with E-state index in [1.54, 1.807) is 0 Å². The highest BCUT2D eigenvalue weighted by molar-refractivity contribution is 7.89. The molecule has 1 aliphatic rings. The van der Waals surface area contributed by atoms with Crippen molar-refractivity contribution < 1.29 is 17.9 Å². The fourth-order valence-corrected chi connectivity index (χ4v) is 3.62. The van der Waals surface area contributed by atoms with Crippen LogP contribution in [0.2, 0.25) is 0 Å². The summed E-state index contributed by atoms with van der Waals surface area (Å²) in [6.07, 6.45) is 0. The van der Waals surface area contributed by atoms with Crippen molar-refractivity contribution in [2.75, 3.05) is 45.1 Å². The standard InChI is InChI=1S/C12H18FN3O3S/c13-11-2-1-10(9-12(11)14)20(18,19)16-5-3-15(4-6-16)7-8-17/h1-2,9,17H,3-8,14H2. The van der Waals surface area contributed by atoms with Crippen molar-refractivity contribution in [3.63, 3.8) is 0 Å². The molecule has 2 rings (SSSR count). The normalized spacial score (nSPS) is 18.3. The Bertz CT molecular complexity index is 571. The zero-order valence-electron chi connectivity index (χ0n) is 11.0. The molecule has 6 nitrogen and oxygen atoms in total. The number of hydrogen-bond donors (Lipinski definition) is 2. The van der Waals surface area contributed by atoms with Gasteiger partial charge in [-0.15, -0.1) is 0 Å². The number of nitrogen functional groups attached to an aromatic ring is 1. The third-order valence-electron chi connectivity index (χ3n) is 3.35. The zero-order chi connectivity index (χ0) is 14.8. The second-order valence-electron chi connectivity index (χ2n) is 4.65. The van der Waals surface area contributed by atoms with Gasteiger partial charge in [0.1, 0.15) is 5.82 Å². The molecule has 20 heavy (non-hydrogen) atoms. The number of hydrogen-bond acceptors (Lipinski definition) is 5.